The molecule has 2 aromatic carbocycles. The second kappa shape index (κ2) is 5.25. The Hall–Kier alpha value is -2.49. The van der Waals surface area contributed by atoms with Crippen LogP contribution in [-0.2, 0) is 0 Å². The maximum Gasteiger partial charge on any atom is 0.269 e. The maximum absolute atomic E-state index is 12.5. The molecule has 0 amide bonds. The van der Waals surface area contributed by atoms with Gasteiger partial charge in [-0.2, -0.15) is 0 Å². The zero-order chi connectivity index (χ0) is 14.9. The van der Waals surface area contributed by atoms with E-state index in [0.717, 1.165) is 16.7 Å². The molecule has 2 rings (SSSR count). The van der Waals surface area contributed by atoms with Gasteiger partial charge in [-0.15, -0.1) is 0 Å². The van der Waals surface area contributed by atoms with Crippen LogP contribution < -0.4 is 0 Å². The van der Waals surface area contributed by atoms with Crippen LogP contribution in [0.4, 0.5) is 5.69 Å². The molecule has 4 nitrogen and oxygen atoms in total. The van der Waals surface area contributed by atoms with Crippen molar-refractivity contribution in [2.45, 2.75) is 20.8 Å². The number of hydrogen-bond donors (Lipinski definition) is 0. The summed E-state index contributed by atoms with van der Waals surface area (Å²) < 4.78 is 0. The van der Waals surface area contributed by atoms with E-state index in [1.54, 1.807) is 0 Å². The second-order valence-electron chi connectivity index (χ2n) is 4.91. The number of hydrogen-bond acceptors (Lipinski definition) is 3. The molecule has 0 N–H and O–H groups in total. The van der Waals surface area contributed by atoms with Gasteiger partial charge >= 0.3 is 0 Å². The number of non-ortho nitro benzene ring substituents is 1. The summed E-state index contributed by atoms with van der Waals surface area (Å²) in [6, 6.07) is 9.63. The highest BCUT2D eigenvalue weighted by Gasteiger charge is 2.16. The molecule has 2 aromatic rings. The molecule has 0 heterocycles. The number of nitrogens with zero attached hydrogens (tertiary/aromatic N) is 1. The molecule has 0 spiro atoms. The Balaban J connectivity index is 2.44. The van der Waals surface area contributed by atoms with Crippen molar-refractivity contribution >= 4 is 11.5 Å². The van der Waals surface area contributed by atoms with Crippen molar-refractivity contribution < 1.29 is 9.72 Å². The van der Waals surface area contributed by atoms with Crippen LogP contribution in [0, 0.1) is 30.9 Å². The zero-order valence-electron chi connectivity index (χ0n) is 11.6. The third kappa shape index (κ3) is 2.59. The first-order chi connectivity index (χ1) is 9.40. The average molecular weight is 269 g/mol. The molecule has 0 aromatic heterocycles. The molecule has 20 heavy (non-hydrogen) atoms. The largest absolute Gasteiger partial charge is 0.289 e. The van der Waals surface area contributed by atoms with E-state index in [2.05, 4.69) is 0 Å². The molecule has 0 atom stereocenters. The number of benzene rings is 2. The Morgan fingerprint density at radius 1 is 1.00 bits per heavy atom. The Labute approximate surface area is 117 Å². The molecule has 0 saturated heterocycles. The van der Waals surface area contributed by atoms with Gasteiger partial charge < -0.3 is 0 Å². The Kier molecular flexibility index (Phi) is 3.66. The summed E-state index contributed by atoms with van der Waals surface area (Å²) in [5, 5.41) is 10.6. The minimum atomic E-state index is -0.476. The number of carbonyl (C=O) groups is 1. The lowest BCUT2D eigenvalue weighted by atomic mass is 9.93. The first-order valence-corrected chi connectivity index (χ1v) is 6.27. The Bertz CT molecular complexity index is 664. The van der Waals surface area contributed by atoms with Crippen molar-refractivity contribution in [3.63, 3.8) is 0 Å². The summed E-state index contributed by atoms with van der Waals surface area (Å²) in [4.78, 5) is 22.7. The van der Waals surface area contributed by atoms with Crippen LogP contribution in [0.2, 0.25) is 0 Å². The lowest BCUT2D eigenvalue weighted by Gasteiger charge is -2.10. The molecule has 0 aliphatic carbocycles. The van der Waals surface area contributed by atoms with E-state index in [9.17, 15) is 14.9 Å². The SMILES string of the molecule is Cc1cc(C)c(C(=O)c2ccc([N+](=O)[O-])cc2)c(C)c1. The van der Waals surface area contributed by atoms with Crippen molar-refractivity contribution in [3.8, 4) is 0 Å². The van der Waals surface area contributed by atoms with Gasteiger partial charge in [-0.1, -0.05) is 17.7 Å². The number of carbonyl (C=O) groups excluding carboxylic acids is 1. The molecule has 0 fully saturated rings. The first kappa shape index (κ1) is 13.9. The van der Waals surface area contributed by atoms with Gasteiger partial charge in [0.05, 0.1) is 4.92 Å². The van der Waals surface area contributed by atoms with Crippen LogP contribution in [0.25, 0.3) is 0 Å². The van der Waals surface area contributed by atoms with Gasteiger partial charge in [0.15, 0.2) is 5.78 Å². The number of ketones is 1. The lowest BCUT2D eigenvalue weighted by molar-refractivity contribution is -0.384. The highest BCUT2D eigenvalue weighted by atomic mass is 16.6. The third-order valence-electron chi connectivity index (χ3n) is 3.24. The molecule has 0 unspecified atom stereocenters. The highest BCUT2D eigenvalue weighted by molar-refractivity contribution is 6.10. The molecule has 0 saturated carbocycles. The van der Waals surface area contributed by atoms with Crippen LogP contribution >= 0.6 is 0 Å². The quantitative estimate of drug-likeness (QED) is 0.484. The van der Waals surface area contributed by atoms with Crippen LogP contribution in [0.3, 0.4) is 0 Å². The molecular weight excluding hydrogens is 254 g/mol. The van der Waals surface area contributed by atoms with Crippen molar-refractivity contribution in [3.05, 3.63) is 74.3 Å². The average Bonchev–Trinajstić information content (AvgIpc) is 2.37. The standard InChI is InChI=1S/C16H15NO3/c1-10-8-11(2)15(12(3)9-10)16(18)13-4-6-14(7-5-13)17(19)20/h4-9H,1-3H3. The fourth-order valence-electron chi connectivity index (χ4n) is 2.42. The van der Waals surface area contributed by atoms with Crippen LogP contribution in [0.5, 0.6) is 0 Å². The van der Waals surface area contributed by atoms with E-state index in [4.69, 9.17) is 0 Å². The smallest absolute Gasteiger partial charge is 0.269 e. The van der Waals surface area contributed by atoms with Crippen molar-refractivity contribution in [1.82, 2.24) is 0 Å². The van der Waals surface area contributed by atoms with E-state index < -0.39 is 4.92 Å². The van der Waals surface area contributed by atoms with E-state index in [-0.39, 0.29) is 11.5 Å². The lowest BCUT2D eigenvalue weighted by Crippen LogP contribution is -2.07. The van der Waals surface area contributed by atoms with E-state index in [1.165, 1.54) is 24.3 Å². The first-order valence-electron chi connectivity index (χ1n) is 6.27. The Morgan fingerprint density at radius 3 is 1.95 bits per heavy atom. The van der Waals surface area contributed by atoms with Gasteiger partial charge in [-0.3, -0.25) is 14.9 Å². The molecule has 0 aliphatic heterocycles. The second-order valence-corrected chi connectivity index (χ2v) is 4.91. The third-order valence-corrected chi connectivity index (χ3v) is 3.24. The number of rotatable bonds is 3. The van der Waals surface area contributed by atoms with Crippen molar-refractivity contribution in [2.75, 3.05) is 0 Å². The Morgan fingerprint density at radius 2 is 1.50 bits per heavy atom. The minimum Gasteiger partial charge on any atom is -0.289 e. The van der Waals surface area contributed by atoms with Gasteiger partial charge in [0.1, 0.15) is 0 Å². The molecule has 0 bridgehead atoms. The monoisotopic (exact) mass is 269 g/mol. The maximum atomic E-state index is 12.5. The van der Waals surface area contributed by atoms with Crippen molar-refractivity contribution in [2.24, 2.45) is 0 Å². The van der Waals surface area contributed by atoms with E-state index in [1.807, 2.05) is 32.9 Å². The number of nitro groups is 1. The van der Waals surface area contributed by atoms with Crippen LogP contribution in [-0.4, -0.2) is 10.7 Å². The number of aryl methyl sites for hydroxylation is 3. The fraction of sp³-hybridized carbons (Fsp3) is 0.188. The van der Waals surface area contributed by atoms with E-state index in [0.29, 0.717) is 11.1 Å². The van der Waals surface area contributed by atoms with Crippen LogP contribution in [0.1, 0.15) is 32.6 Å². The van der Waals surface area contributed by atoms with Gasteiger partial charge in [0.2, 0.25) is 0 Å². The summed E-state index contributed by atoms with van der Waals surface area (Å²) in [7, 11) is 0. The van der Waals surface area contributed by atoms with Crippen LogP contribution in [0.15, 0.2) is 36.4 Å². The van der Waals surface area contributed by atoms with Crippen molar-refractivity contribution in [1.29, 1.82) is 0 Å². The molecule has 0 aliphatic rings. The van der Waals surface area contributed by atoms with Gasteiger partial charge in [-0.25, -0.2) is 0 Å². The predicted octanol–water partition coefficient (Wildman–Crippen LogP) is 3.75. The molecule has 4 heteroatoms. The molecule has 0 radical (unpaired) electrons. The normalized spacial score (nSPS) is 10.3. The minimum absolute atomic E-state index is 0.0149. The molecular formula is C16H15NO3. The fourth-order valence-corrected chi connectivity index (χ4v) is 2.42. The summed E-state index contributed by atoms with van der Waals surface area (Å²) in [5.41, 5.74) is 4.07. The summed E-state index contributed by atoms with van der Waals surface area (Å²) in [6.45, 7) is 5.79. The summed E-state index contributed by atoms with van der Waals surface area (Å²) >= 11 is 0. The molecule has 102 valence electrons. The number of nitro benzene ring substituents is 1. The van der Waals surface area contributed by atoms with E-state index >= 15 is 0 Å². The van der Waals surface area contributed by atoms with Gasteiger partial charge in [0, 0.05) is 23.3 Å². The summed E-state index contributed by atoms with van der Waals surface area (Å²) in [5.74, 6) is -0.102. The predicted molar refractivity (Wildman–Crippen MR) is 77.2 cm³/mol. The van der Waals surface area contributed by atoms with Gasteiger partial charge in [0.25, 0.3) is 5.69 Å². The van der Waals surface area contributed by atoms with Gasteiger partial charge in [-0.05, 0) is 44.0 Å². The highest BCUT2D eigenvalue weighted by Crippen LogP contribution is 2.21. The summed E-state index contributed by atoms with van der Waals surface area (Å²) in [6.07, 6.45) is 0. The topological polar surface area (TPSA) is 60.2 Å². The zero-order valence-corrected chi connectivity index (χ0v) is 11.6.